The number of amides is 1. The third-order valence-corrected chi connectivity index (χ3v) is 6.93. The van der Waals surface area contributed by atoms with Gasteiger partial charge < -0.3 is 15.0 Å². The van der Waals surface area contributed by atoms with Crippen LogP contribution in [0.3, 0.4) is 0 Å². The van der Waals surface area contributed by atoms with E-state index in [4.69, 9.17) is 4.74 Å². The molecule has 0 spiro atoms. The molecule has 0 atom stereocenters. The van der Waals surface area contributed by atoms with Crippen LogP contribution in [-0.4, -0.2) is 46.5 Å². The lowest BCUT2D eigenvalue weighted by molar-refractivity contribution is -0.131. The monoisotopic (exact) mass is 417 g/mol. The van der Waals surface area contributed by atoms with E-state index in [1.54, 1.807) is 19.1 Å². The number of hydrogen-bond acceptors (Lipinski definition) is 8. The number of benzene rings is 1. The molecule has 0 aliphatic heterocycles. The number of aromatic nitrogens is 2. The molecule has 0 radical (unpaired) electrons. The van der Waals surface area contributed by atoms with E-state index in [0.29, 0.717) is 9.47 Å². The van der Waals surface area contributed by atoms with Crippen molar-refractivity contribution in [3.05, 3.63) is 24.3 Å². The molecule has 1 aliphatic carbocycles. The van der Waals surface area contributed by atoms with Gasteiger partial charge in [0.1, 0.15) is 11.3 Å². The molecule has 1 aliphatic rings. The van der Waals surface area contributed by atoms with Crippen molar-refractivity contribution in [2.45, 2.75) is 42.0 Å². The lowest BCUT2D eigenvalue weighted by Gasteiger charge is -2.38. The van der Waals surface area contributed by atoms with Crippen molar-refractivity contribution < 1.29 is 9.53 Å². The quantitative estimate of drug-likeness (QED) is 0.679. The van der Waals surface area contributed by atoms with Crippen molar-refractivity contribution in [3.8, 4) is 11.8 Å². The van der Waals surface area contributed by atoms with Gasteiger partial charge in [-0.15, -0.1) is 10.2 Å². The van der Waals surface area contributed by atoms with Crippen LogP contribution >= 0.6 is 23.1 Å². The zero-order valence-corrected chi connectivity index (χ0v) is 17.6. The normalized spacial score (nSPS) is 15.5. The average Bonchev–Trinajstić information content (AvgIpc) is 3.19. The van der Waals surface area contributed by atoms with Gasteiger partial charge in [-0.3, -0.25) is 4.79 Å². The Bertz CT molecular complexity index is 841. The van der Waals surface area contributed by atoms with E-state index < -0.39 is 5.54 Å². The van der Waals surface area contributed by atoms with Gasteiger partial charge in [-0.1, -0.05) is 42.4 Å². The molecule has 0 saturated heterocycles. The van der Waals surface area contributed by atoms with Crippen molar-refractivity contribution in [2.24, 2.45) is 0 Å². The predicted octanol–water partition coefficient (Wildman–Crippen LogP) is 4.07. The van der Waals surface area contributed by atoms with Crippen LogP contribution in [0.1, 0.15) is 32.1 Å². The Morgan fingerprint density at radius 3 is 2.68 bits per heavy atom. The maximum atomic E-state index is 12.6. The van der Waals surface area contributed by atoms with E-state index in [1.165, 1.54) is 23.1 Å². The number of nitriles is 1. The molecule has 2 aromatic rings. The highest BCUT2D eigenvalue weighted by Gasteiger charge is 2.38. The van der Waals surface area contributed by atoms with Gasteiger partial charge >= 0.3 is 0 Å². The summed E-state index contributed by atoms with van der Waals surface area (Å²) in [5.74, 6) is 0.986. The summed E-state index contributed by atoms with van der Waals surface area (Å²) in [5, 5.41) is 21.7. The second-order valence-corrected chi connectivity index (χ2v) is 8.87. The number of carbonyl (C=O) groups excluding carboxylic acids is 1. The molecule has 9 heteroatoms. The molecule has 1 aromatic heterocycles. The first-order chi connectivity index (χ1) is 13.6. The fourth-order valence-electron chi connectivity index (χ4n) is 3.23. The van der Waals surface area contributed by atoms with Crippen LogP contribution in [-0.2, 0) is 4.79 Å². The number of thioether (sulfide) groups is 1. The molecule has 1 saturated carbocycles. The predicted molar refractivity (Wildman–Crippen MR) is 111 cm³/mol. The molecule has 0 bridgehead atoms. The van der Waals surface area contributed by atoms with Gasteiger partial charge in [-0.25, -0.2) is 0 Å². The summed E-state index contributed by atoms with van der Waals surface area (Å²) in [7, 11) is 3.37. The Morgan fingerprint density at radius 2 is 2.04 bits per heavy atom. The average molecular weight is 418 g/mol. The highest BCUT2D eigenvalue weighted by molar-refractivity contribution is 8.01. The Hall–Kier alpha value is -2.31. The molecular formula is C19H23N5O2S2. The minimum Gasteiger partial charge on any atom is -0.497 e. The number of carbonyl (C=O) groups is 1. The number of methoxy groups -OCH3 is 1. The molecule has 3 rings (SSSR count). The number of anilines is 2. The van der Waals surface area contributed by atoms with E-state index in [2.05, 4.69) is 21.6 Å². The highest BCUT2D eigenvalue weighted by atomic mass is 32.2. The van der Waals surface area contributed by atoms with E-state index in [-0.39, 0.29) is 11.7 Å². The zero-order chi connectivity index (χ0) is 20.0. The first kappa shape index (κ1) is 20.4. The largest absolute Gasteiger partial charge is 0.497 e. The maximum absolute atomic E-state index is 12.6. The molecule has 28 heavy (non-hydrogen) atoms. The van der Waals surface area contributed by atoms with Crippen LogP contribution in [0.25, 0.3) is 0 Å². The first-order valence-electron chi connectivity index (χ1n) is 9.11. The molecule has 1 fully saturated rings. The molecule has 1 N–H and O–H groups in total. The van der Waals surface area contributed by atoms with Crippen LogP contribution < -0.4 is 10.1 Å². The van der Waals surface area contributed by atoms with Gasteiger partial charge in [0, 0.05) is 12.7 Å². The zero-order valence-electron chi connectivity index (χ0n) is 16.0. The van der Waals surface area contributed by atoms with Gasteiger partial charge in [-0.2, -0.15) is 5.26 Å². The summed E-state index contributed by atoms with van der Waals surface area (Å²) < 4.78 is 5.86. The second kappa shape index (κ2) is 9.26. The topological polar surface area (TPSA) is 91.1 Å². The van der Waals surface area contributed by atoms with E-state index >= 15 is 0 Å². The summed E-state index contributed by atoms with van der Waals surface area (Å²) in [4.78, 5) is 14.3. The molecule has 148 valence electrons. The van der Waals surface area contributed by atoms with Crippen LogP contribution in [0.4, 0.5) is 10.8 Å². The minimum atomic E-state index is -0.655. The van der Waals surface area contributed by atoms with Crippen molar-refractivity contribution in [3.63, 3.8) is 0 Å². The minimum absolute atomic E-state index is 0.0479. The van der Waals surface area contributed by atoms with Crippen molar-refractivity contribution in [1.29, 1.82) is 5.26 Å². The second-order valence-electron chi connectivity index (χ2n) is 6.67. The Labute approximate surface area is 173 Å². The summed E-state index contributed by atoms with van der Waals surface area (Å²) in [6.45, 7) is 0. The standard InChI is InChI=1S/C19H23N5O2S2/c1-24(19(13-20)10-4-3-5-11-19)16(25)12-27-18-23-22-17(28-18)21-14-6-8-15(26-2)9-7-14/h6-9H,3-5,10-12H2,1-2H3,(H,21,22). The van der Waals surface area contributed by atoms with Gasteiger partial charge in [0.05, 0.1) is 18.9 Å². The fraction of sp³-hybridized carbons (Fsp3) is 0.474. The molecule has 1 amide bonds. The van der Waals surface area contributed by atoms with Gasteiger partial charge in [-0.05, 0) is 37.1 Å². The highest BCUT2D eigenvalue weighted by Crippen LogP contribution is 2.34. The van der Waals surface area contributed by atoms with Crippen LogP contribution in [0, 0.1) is 11.3 Å². The fourth-order valence-corrected chi connectivity index (χ4v) is 4.92. The smallest absolute Gasteiger partial charge is 0.234 e. The number of nitrogens with one attached hydrogen (secondary N) is 1. The van der Waals surface area contributed by atoms with Gasteiger partial charge in [0.2, 0.25) is 11.0 Å². The van der Waals surface area contributed by atoms with Crippen LogP contribution in [0.2, 0.25) is 0 Å². The summed E-state index contributed by atoms with van der Waals surface area (Å²) in [5.41, 5.74) is 0.232. The van der Waals surface area contributed by atoms with Gasteiger partial charge in [0.25, 0.3) is 0 Å². The van der Waals surface area contributed by atoms with Crippen LogP contribution in [0.15, 0.2) is 28.6 Å². The lowest BCUT2D eigenvalue weighted by atomic mass is 9.81. The molecule has 7 nitrogen and oxygen atoms in total. The lowest BCUT2D eigenvalue weighted by Crippen LogP contribution is -2.50. The molecule has 1 heterocycles. The van der Waals surface area contributed by atoms with Crippen molar-refractivity contribution in [1.82, 2.24) is 15.1 Å². The molecule has 1 aromatic carbocycles. The van der Waals surface area contributed by atoms with E-state index in [1.807, 2.05) is 24.3 Å². The van der Waals surface area contributed by atoms with Crippen molar-refractivity contribution >= 4 is 39.8 Å². The number of nitrogens with zero attached hydrogens (tertiary/aromatic N) is 4. The Balaban J connectivity index is 1.54. The van der Waals surface area contributed by atoms with Crippen LogP contribution in [0.5, 0.6) is 5.75 Å². The van der Waals surface area contributed by atoms with Gasteiger partial charge in [0.15, 0.2) is 4.34 Å². The molecule has 0 unspecified atom stereocenters. The van der Waals surface area contributed by atoms with E-state index in [9.17, 15) is 10.1 Å². The summed E-state index contributed by atoms with van der Waals surface area (Å²) in [6, 6.07) is 9.92. The first-order valence-corrected chi connectivity index (χ1v) is 10.9. The number of rotatable bonds is 7. The maximum Gasteiger partial charge on any atom is 0.234 e. The number of ether oxygens (including phenoxy) is 1. The Kier molecular flexibility index (Phi) is 6.75. The third-order valence-electron chi connectivity index (χ3n) is 4.97. The number of hydrogen-bond donors (Lipinski definition) is 1. The van der Waals surface area contributed by atoms with Crippen molar-refractivity contribution in [2.75, 3.05) is 25.2 Å². The SMILES string of the molecule is COc1ccc(Nc2nnc(SCC(=O)N(C)C3(C#N)CCCCC3)s2)cc1. The van der Waals surface area contributed by atoms with E-state index in [0.717, 1.165) is 43.5 Å². The summed E-state index contributed by atoms with van der Waals surface area (Å²) in [6.07, 6.45) is 4.63. The Morgan fingerprint density at radius 1 is 1.32 bits per heavy atom. The third kappa shape index (κ3) is 4.75. The molecular weight excluding hydrogens is 394 g/mol. The summed E-state index contributed by atoms with van der Waals surface area (Å²) >= 11 is 2.75.